The molecule has 2 aromatic rings. The summed E-state index contributed by atoms with van der Waals surface area (Å²) in [7, 11) is 1.87. The summed E-state index contributed by atoms with van der Waals surface area (Å²) in [6, 6.07) is 6.65. The summed E-state index contributed by atoms with van der Waals surface area (Å²) in [5.41, 5.74) is 2.32. The first-order valence-electron chi connectivity index (χ1n) is 11.0. The van der Waals surface area contributed by atoms with Crippen molar-refractivity contribution in [2.24, 2.45) is 7.05 Å². The lowest BCUT2D eigenvalue weighted by molar-refractivity contribution is 0.00227. The van der Waals surface area contributed by atoms with Gasteiger partial charge in [0.05, 0.1) is 5.60 Å². The number of rotatable bonds is 6. The lowest BCUT2D eigenvalue weighted by atomic mass is 9.84. The second-order valence-corrected chi connectivity index (χ2v) is 8.78. The van der Waals surface area contributed by atoms with Crippen LogP contribution >= 0.6 is 0 Å². The van der Waals surface area contributed by atoms with Gasteiger partial charge in [-0.2, -0.15) is 5.10 Å². The van der Waals surface area contributed by atoms with Crippen LogP contribution < -0.4 is 10.6 Å². The molecule has 4 rings (SSSR count). The molecule has 1 aromatic carbocycles. The molecule has 2 aliphatic carbocycles. The smallest absolute Gasteiger partial charge is 0.272 e. The van der Waals surface area contributed by atoms with Gasteiger partial charge in [0.15, 0.2) is 5.69 Å². The van der Waals surface area contributed by atoms with Gasteiger partial charge >= 0.3 is 0 Å². The third-order valence-corrected chi connectivity index (χ3v) is 6.57. The van der Waals surface area contributed by atoms with Crippen molar-refractivity contribution in [3.63, 3.8) is 0 Å². The molecule has 1 saturated carbocycles. The Balaban J connectivity index is 1.41. The number of aliphatic hydroxyl groups is 1. The lowest BCUT2D eigenvalue weighted by Gasteiger charge is -2.34. The zero-order valence-electron chi connectivity index (χ0n) is 17.6. The Hall–Kier alpha value is -2.25. The number of aromatic nitrogens is 2. The molecule has 3 N–H and O–H groups in total. The Labute approximate surface area is 176 Å². The number of hydrogen-bond acceptors (Lipinski definition) is 4. The van der Waals surface area contributed by atoms with E-state index in [1.165, 1.54) is 12.5 Å². The van der Waals surface area contributed by atoms with E-state index in [1.807, 2.05) is 7.05 Å². The lowest BCUT2D eigenvalue weighted by Crippen LogP contribution is -2.47. The van der Waals surface area contributed by atoms with Crippen molar-refractivity contribution in [1.82, 2.24) is 20.4 Å². The molecule has 162 valence electrons. The largest absolute Gasteiger partial charge is 0.389 e. The molecular weight excluding hydrogens is 383 g/mol. The highest BCUT2D eigenvalue weighted by Gasteiger charge is 2.32. The van der Waals surface area contributed by atoms with Crippen molar-refractivity contribution in [2.75, 3.05) is 6.54 Å². The van der Waals surface area contributed by atoms with Gasteiger partial charge in [0.2, 0.25) is 0 Å². The highest BCUT2D eigenvalue weighted by Crippen LogP contribution is 2.29. The van der Waals surface area contributed by atoms with Gasteiger partial charge in [-0.05, 0) is 38.2 Å². The van der Waals surface area contributed by atoms with Gasteiger partial charge < -0.3 is 15.7 Å². The van der Waals surface area contributed by atoms with Crippen LogP contribution in [0.5, 0.6) is 0 Å². The molecule has 7 heteroatoms. The number of carbonyl (C=O) groups is 1. The number of aryl methyl sites for hydroxylation is 1. The molecule has 0 saturated heterocycles. The summed E-state index contributed by atoms with van der Waals surface area (Å²) in [5.74, 6) is -0.604. The average molecular weight is 415 g/mol. The molecule has 1 unspecified atom stereocenters. The van der Waals surface area contributed by atoms with E-state index in [0.29, 0.717) is 24.2 Å². The van der Waals surface area contributed by atoms with Gasteiger partial charge in [0.1, 0.15) is 5.82 Å². The molecule has 2 aliphatic rings. The average Bonchev–Trinajstić information content (AvgIpc) is 3.08. The Bertz CT molecular complexity index is 905. The molecule has 1 atom stereocenters. The summed E-state index contributed by atoms with van der Waals surface area (Å²) in [4.78, 5) is 12.8. The molecule has 30 heavy (non-hydrogen) atoms. The fraction of sp³-hybridized carbons (Fsp3) is 0.565. The Kier molecular flexibility index (Phi) is 6.20. The van der Waals surface area contributed by atoms with Crippen molar-refractivity contribution in [2.45, 2.75) is 69.6 Å². The van der Waals surface area contributed by atoms with Crippen LogP contribution in [0.4, 0.5) is 4.39 Å². The molecule has 1 fully saturated rings. The fourth-order valence-corrected chi connectivity index (χ4v) is 4.77. The number of benzene rings is 1. The minimum atomic E-state index is -0.604. The standard InChI is InChI=1S/C23H31FN4O2/c1-28-20-10-9-17(26-15-23(30)11-5-2-6-12-23)13-18(20)21(27-28)22(29)25-14-16-7-3-4-8-19(16)24/h3-4,7-8,17,26,30H,2,5-6,9-15H2,1H3,(H,25,29). The topological polar surface area (TPSA) is 79.2 Å². The second-order valence-electron chi connectivity index (χ2n) is 8.78. The van der Waals surface area contributed by atoms with Crippen molar-refractivity contribution in [1.29, 1.82) is 0 Å². The van der Waals surface area contributed by atoms with E-state index in [2.05, 4.69) is 15.7 Å². The summed E-state index contributed by atoms with van der Waals surface area (Å²) in [5, 5.41) is 21.6. The molecule has 0 bridgehead atoms. The Morgan fingerprint density at radius 3 is 2.83 bits per heavy atom. The molecule has 1 amide bonds. The second kappa shape index (κ2) is 8.86. The number of fused-ring (bicyclic) bond motifs is 1. The maximum atomic E-state index is 13.8. The predicted molar refractivity (Wildman–Crippen MR) is 113 cm³/mol. The van der Waals surface area contributed by atoms with Crippen molar-refractivity contribution in [3.8, 4) is 0 Å². The minimum absolute atomic E-state index is 0.131. The molecule has 0 aliphatic heterocycles. The first-order chi connectivity index (χ1) is 14.5. The highest BCUT2D eigenvalue weighted by atomic mass is 19.1. The van der Waals surface area contributed by atoms with Gasteiger partial charge in [0.25, 0.3) is 5.91 Å². The fourth-order valence-electron chi connectivity index (χ4n) is 4.77. The quantitative estimate of drug-likeness (QED) is 0.679. The van der Waals surface area contributed by atoms with E-state index in [0.717, 1.165) is 49.8 Å². The third-order valence-electron chi connectivity index (χ3n) is 6.57. The maximum absolute atomic E-state index is 13.8. The van der Waals surface area contributed by atoms with Gasteiger partial charge in [-0.1, -0.05) is 37.5 Å². The first-order valence-corrected chi connectivity index (χ1v) is 11.0. The predicted octanol–water partition coefficient (Wildman–Crippen LogP) is 2.63. The van der Waals surface area contributed by atoms with Crippen molar-refractivity contribution >= 4 is 5.91 Å². The normalized spacial score (nSPS) is 20.6. The van der Waals surface area contributed by atoms with Crippen LogP contribution in [-0.2, 0) is 26.4 Å². The SMILES string of the molecule is Cn1nc(C(=O)NCc2ccccc2F)c2c1CCC(NCC1(O)CCCCC1)C2. The number of hydrogen-bond donors (Lipinski definition) is 3. The molecule has 0 spiro atoms. The molecule has 6 nitrogen and oxygen atoms in total. The number of amides is 1. The first kappa shape index (κ1) is 21.0. The van der Waals surface area contributed by atoms with Crippen LogP contribution in [0.25, 0.3) is 0 Å². The van der Waals surface area contributed by atoms with Crippen LogP contribution in [0.2, 0.25) is 0 Å². The zero-order chi connectivity index (χ0) is 21.1. The van der Waals surface area contributed by atoms with Crippen LogP contribution in [0.1, 0.15) is 65.8 Å². The number of halogens is 1. The maximum Gasteiger partial charge on any atom is 0.272 e. The summed E-state index contributed by atoms with van der Waals surface area (Å²) < 4.78 is 15.6. The molecule has 1 heterocycles. The van der Waals surface area contributed by atoms with E-state index < -0.39 is 5.60 Å². The zero-order valence-corrected chi connectivity index (χ0v) is 17.6. The molecule has 0 radical (unpaired) electrons. The van der Waals surface area contributed by atoms with Gasteiger partial charge in [-0.3, -0.25) is 9.48 Å². The van der Waals surface area contributed by atoms with Crippen LogP contribution in [-0.4, -0.2) is 39.0 Å². The van der Waals surface area contributed by atoms with Crippen LogP contribution in [0, 0.1) is 5.82 Å². The molecule has 1 aromatic heterocycles. The summed E-state index contributed by atoms with van der Waals surface area (Å²) in [6.45, 7) is 0.730. The minimum Gasteiger partial charge on any atom is -0.389 e. The van der Waals surface area contributed by atoms with Crippen molar-refractivity contribution < 1.29 is 14.3 Å². The van der Waals surface area contributed by atoms with Gasteiger partial charge in [-0.15, -0.1) is 0 Å². The van der Waals surface area contributed by atoms with Crippen molar-refractivity contribution in [3.05, 3.63) is 52.6 Å². The van der Waals surface area contributed by atoms with Gasteiger partial charge in [-0.25, -0.2) is 4.39 Å². The Morgan fingerprint density at radius 2 is 2.07 bits per heavy atom. The van der Waals surface area contributed by atoms with E-state index in [9.17, 15) is 14.3 Å². The number of carbonyl (C=O) groups excluding carboxylic acids is 1. The van der Waals surface area contributed by atoms with Crippen LogP contribution in [0.15, 0.2) is 24.3 Å². The van der Waals surface area contributed by atoms with E-state index in [-0.39, 0.29) is 24.3 Å². The van der Waals surface area contributed by atoms with E-state index >= 15 is 0 Å². The number of nitrogens with zero attached hydrogens (tertiary/aromatic N) is 2. The Morgan fingerprint density at radius 1 is 1.30 bits per heavy atom. The highest BCUT2D eigenvalue weighted by molar-refractivity contribution is 5.94. The van der Waals surface area contributed by atoms with Gasteiger partial charge in [0, 0.05) is 43.0 Å². The summed E-state index contributed by atoms with van der Waals surface area (Å²) in [6.07, 6.45) is 7.60. The third kappa shape index (κ3) is 4.57. The van der Waals surface area contributed by atoms with Crippen LogP contribution in [0.3, 0.4) is 0 Å². The van der Waals surface area contributed by atoms with E-state index in [1.54, 1.807) is 22.9 Å². The molecular formula is C23H31FN4O2. The monoisotopic (exact) mass is 414 g/mol. The number of nitrogens with one attached hydrogen (secondary N) is 2. The van der Waals surface area contributed by atoms with E-state index in [4.69, 9.17) is 0 Å². The summed E-state index contributed by atoms with van der Waals surface area (Å²) >= 11 is 0.